The second kappa shape index (κ2) is 6.00. The van der Waals surface area contributed by atoms with E-state index in [2.05, 4.69) is 15.3 Å². The Balaban J connectivity index is 2.01. The van der Waals surface area contributed by atoms with E-state index in [1.165, 1.54) is 24.5 Å². The summed E-state index contributed by atoms with van der Waals surface area (Å²) in [6, 6.07) is 7.51. The van der Waals surface area contributed by atoms with Crippen LogP contribution >= 0.6 is 0 Å². The van der Waals surface area contributed by atoms with Gasteiger partial charge < -0.3 is 10.3 Å². The number of aromatic amines is 1. The van der Waals surface area contributed by atoms with Crippen molar-refractivity contribution in [1.82, 2.24) is 9.97 Å². The lowest BCUT2D eigenvalue weighted by atomic mass is 10.1. The molecule has 2 N–H and O–H groups in total. The molecule has 0 unspecified atom stereocenters. The molecule has 0 aliphatic rings. The molecule has 0 atom stereocenters. The van der Waals surface area contributed by atoms with E-state index in [-0.39, 0.29) is 11.2 Å². The van der Waals surface area contributed by atoms with Gasteiger partial charge in [-0.15, -0.1) is 0 Å². The first-order chi connectivity index (χ1) is 11.1. The van der Waals surface area contributed by atoms with Gasteiger partial charge in [-0.05, 0) is 30.7 Å². The minimum atomic E-state index is -0.611. The second-order valence-electron chi connectivity index (χ2n) is 5.09. The first-order valence-electron chi connectivity index (χ1n) is 7.15. The summed E-state index contributed by atoms with van der Waals surface area (Å²) in [5, 5.41) is 3.20. The molecule has 0 aliphatic heterocycles. The van der Waals surface area contributed by atoms with Crippen molar-refractivity contribution in [3.63, 3.8) is 0 Å². The van der Waals surface area contributed by atoms with E-state index in [4.69, 9.17) is 0 Å². The van der Waals surface area contributed by atoms with E-state index in [1.54, 1.807) is 18.2 Å². The van der Waals surface area contributed by atoms with Gasteiger partial charge in [0.15, 0.2) is 0 Å². The normalized spacial score (nSPS) is 10.7. The van der Waals surface area contributed by atoms with Gasteiger partial charge in [0.25, 0.3) is 11.5 Å². The van der Waals surface area contributed by atoms with Crippen LogP contribution in [0.5, 0.6) is 0 Å². The van der Waals surface area contributed by atoms with Crippen LogP contribution in [-0.4, -0.2) is 15.9 Å². The number of fused-ring (bicyclic) bond motifs is 1. The van der Waals surface area contributed by atoms with E-state index in [0.29, 0.717) is 28.5 Å². The predicted octanol–water partition coefficient (Wildman–Crippen LogP) is 2.88. The van der Waals surface area contributed by atoms with Crippen LogP contribution in [0.15, 0.2) is 47.5 Å². The standard InChI is InChI=1S/C17H14FN3O2/c1-2-10-7-12-8-15(13(18)9-14(12)20-16(10)22)21-17(23)11-3-5-19-6-4-11/h3-9H,2H2,1H3,(H,20,22)(H,21,23). The van der Waals surface area contributed by atoms with Gasteiger partial charge in [0, 0.05) is 35.0 Å². The SMILES string of the molecule is CCc1cc2cc(NC(=O)c3ccncc3)c(F)cc2[nH]c1=O. The highest BCUT2D eigenvalue weighted by atomic mass is 19.1. The number of aryl methyl sites for hydroxylation is 1. The number of carbonyl (C=O) groups excluding carboxylic acids is 1. The highest BCUT2D eigenvalue weighted by Crippen LogP contribution is 2.22. The molecule has 2 heterocycles. The van der Waals surface area contributed by atoms with Gasteiger partial charge in [-0.2, -0.15) is 0 Å². The number of aromatic nitrogens is 2. The van der Waals surface area contributed by atoms with Crippen molar-refractivity contribution in [2.75, 3.05) is 5.32 Å². The van der Waals surface area contributed by atoms with Gasteiger partial charge in [-0.25, -0.2) is 4.39 Å². The number of anilines is 1. The fourth-order valence-electron chi connectivity index (χ4n) is 2.33. The molecule has 1 amide bonds. The molecule has 5 nitrogen and oxygen atoms in total. The summed E-state index contributed by atoms with van der Waals surface area (Å²) in [5.41, 5.74) is 1.22. The minimum Gasteiger partial charge on any atom is -0.322 e. The Labute approximate surface area is 131 Å². The molecule has 0 bridgehead atoms. The van der Waals surface area contributed by atoms with Crippen molar-refractivity contribution in [3.05, 3.63) is 70.0 Å². The maximum absolute atomic E-state index is 14.2. The van der Waals surface area contributed by atoms with Crippen molar-refractivity contribution in [2.24, 2.45) is 0 Å². The van der Waals surface area contributed by atoms with Gasteiger partial charge in [0.1, 0.15) is 5.82 Å². The van der Waals surface area contributed by atoms with Crippen LogP contribution < -0.4 is 10.9 Å². The molecule has 0 radical (unpaired) electrons. The number of pyridine rings is 2. The third kappa shape index (κ3) is 2.96. The average molecular weight is 311 g/mol. The second-order valence-corrected chi connectivity index (χ2v) is 5.09. The Bertz CT molecular complexity index is 936. The van der Waals surface area contributed by atoms with E-state index >= 15 is 0 Å². The molecule has 0 spiro atoms. The van der Waals surface area contributed by atoms with Gasteiger partial charge in [0.2, 0.25) is 0 Å². The number of H-pyrrole nitrogens is 1. The van der Waals surface area contributed by atoms with Gasteiger partial charge >= 0.3 is 0 Å². The summed E-state index contributed by atoms with van der Waals surface area (Å²) in [7, 11) is 0. The molecule has 0 fully saturated rings. The third-order valence-electron chi connectivity index (χ3n) is 3.58. The van der Waals surface area contributed by atoms with Crippen molar-refractivity contribution in [2.45, 2.75) is 13.3 Å². The van der Waals surface area contributed by atoms with Crippen LogP contribution in [0, 0.1) is 5.82 Å². The first-order valence-corrected chi connectivity index (χ1v) is 7.15. The molecule has 1 aromatic carbocycles. The van der Waals surface area contributed by atoms with E-state index in [1.807, 2.05) is 6.92 Å². The van der Waals surface area contributed by atoms with Crippen LogP contribution in [0.2, 0.25) is 0 Å². The van der Waals surface area contributed by atoms with Crippen molar-refractivity contribution in [3.8, 4) is 0 Å². The molecule has 3 rings (SSSR count). The number of carbonyl (C=O) groups is 1. The minimum absolute atomic E-state index is 0.0633. The number of nitrogens with zero attached hydrogens (tertiary/aromatic N) is 1. The molecular weight excluding hydrogens is 297 g/mol. The molecule has 2 aromatic heterocycles. The Hall–Kier alpha value is -3.02. The quantitative estimate of drug-likeness (QED) is 0.781. The van der Waals surface area contributed by atoms with Gasteiger partial charge in [-0.1, -0.05) is 6.92 Å². The third-order valence-corrected chi connectivity index (χ3v) is 3.58. The summed E-state index contributed by atoms with van der Waals surface area (Å²) in [6.07, 6.45) is 3.55. The first kappa shape index (κ1) is 14.9. The fourth-order valence-corrected chi connectivity index (χ4v) is 2.33. The smallest absolute Gasteiger partial charge is 0.255 e. The topological polar surface area (TPSA) is 74.8 Å². The number of nitrogens with one attached hydrogen (secondary N) is 2. The Morgan fingerprint density at radius 3 is 2.70 bits per heavy atom. The summed E-state index contributed by atoms with van der Waals surface area (Å²) >= 11 is 0. The van der Waals surface area contributed by atoms with E-state index in [0.717, 1.165) is 0 Å². The lowest BCUT2D eigenvalue weighted by Crippen LogP contribution is -2.14. The van der Waals surface area contributed by atoms with Crippen LogP contribution in [-0.2, 0) is 6.42 Å². The maximum atomic E-state index is 14.2. The average Bonchev–Trinajstić information content (AvgIpc) is 2.56. The van der Waals surface area contributed by atoms with E-state index in [9.17, 15) is 14.0 Å². The lowest BCUT2D eigenvalue weighted by Gasteiger charge is -2.09. The molecule has 116 valence electrons. The molecule has 0 saturated carbocycles. The van der Waals surface area contributed by atoms with Gasteiger partial charge in [0.05, 0.1) is 11.2 Å². The maximum Gasteiger partial charge on any atom is 0.255 e. The molecular formula is C17H14FN3O2. The van der Waals surface area contributed by atoms with Crippen molar-refractivity contribution >= 4 is 22.5 Å². The zero-order valence-corrected chi connectivity index (χ0v) is 12.4. The molecule has 23 heavy (non-hydrogen) atoms. The van der Waals surface area contributed by atoms with Crippen LogP contribution in [0.4, 0.5) is 10.1 Å². The van der Waals surface area contributed by atoms with Crippen molar-refractivity contribution in [1.29, 1.82) is 0 Å². The highest BCUT2D eigenvalue weighted by Gasteiger charge is 2.11. The van der Waals surface area contributed by atoms with E-state index < -0.39 is 11.7 Å². The number of hydrogen-bond donors (Lipinski definition) is 2. The zero-order valence-electron chi connectivity index (χ0n) is 12.4. The van der Waals surface area contributed by atoms with Crippen LogP contribution in [0.3, 0.4) is 0 Å². The summed E-state index contributed by atoms with van der Waals surface area (Å²) in [5.74, 6) is -1.04. The number of halogens is 1. The number of benzene rings is 1. The van der Waals surface area contributed by atoms with Crippen molar-refractivity contribution < 1.29 is 9.18 Å². The van der Waals surface area contributed by atoms with Crippen LogP contribution in [0.25, 0.3) is 10.9 Å². The predicted molar refractivity (Wildman–Crippen MR) is 86.1 cm³/mol. The summed E-state index contributed by atoms with van der Waals surface area (Å²) in [4.78, 5) is 30.4. The number of rotatable bonds is 3. The highest BCUT2D eigenvalue weighted by molar-refractivity contribution is 6.05. The Kier molecular flexibility index (Phi) is 3.89. The number of amides is 1. The Morgan fingerprint density at radius 2 is 2.00 bits per heavy atom. The largest absolute Gasteiger partial charge is 0.322 e. The lowest BCUT2D eigenvalue weighted by molar-refractivity contribution is 0.102. The van der Waals surface area contributed by atoms with Crippen LogP contribution in [0.1, 0.15) is 22.8 Å². The molecule has 3 aromatic rings. The molecule has 0 saturated heterocycles. The summed E-state index contributed by atoms with van der Waals surface area (Å²) in [6.45, 7) is 1.87. The van der Waals surface area contributed by atoms with Gasteiger partial charge in [-0.3, -0.25) is 14.6 Å². The molecule has 0 aliphatic carbocycles. The number of hydrogen-bond acceptors (Lipinski definition) is 3. The Morgan fingerprint density at radius 1 is 1.26 bits per heavy atom. The summed E-state index contributed by atoms with van der Waals surface area (Å²) < 4.78 is 14.2. The fraction of sp³-hybridized carbons (Fsp3) is 0.118. The zero-order chi connectivity index (χ0) is 16.4. The monoisotopic (exact) mass is 311 g/mol. The molecule has 6 heteroatoms.